The van der Waals surface area contributed by atoms with Crippen molar-refractivity contribution in [1.82, 2.24) is 19.6 Å². The van der Waals surface area contributed by atoms with Crippen LogP contribution in [0.3, 0.4) is 0 Å². The van der Waals surface area contributed by atoms with Crippen molar-refractivity contribution in [2.45, 2.75) is 19.1 Å². The van der Waals surface area contributed by atoms with Crippen LogP contribution in [0.1, 0.15) is 23.1 Å². The number of fused-ring (bicyclic) bond motifs is 1. The maximum Gasteiger partial charge on any atom is 0.416 e. The lowest BCUT2D eigenvalue weighted by Crippen LogP contribution is -2.35. The standard InChI is InChI=1S/C25H21ClF3N5O3S/c26-18-4-3-16(19(12-18)25(27,28)29)14-34-20-5-2-15(10-17(20)13-30-34)11-21-22(35)31-23(38-21)32-6-1-7-33(9-8-32)24(36)37/h2-5,10-13H,1,6-9,14H2,(H,36,37)/b21-11-. The van der Waals surface area contributed by atoms with Crippen LogP contribution in [0.2, 0.25) is 5.02 Å². The molecule has 0 saturated carbocycles. The number of hydrogen-bond donors (Lipinski definition) is 1. The van der Waals surface area contributed by atoms with Gasteiger partial charge in [0.05, 0.1) is 28.7 Å². The zero-order chi connectivity index (χ0) is 27.0. The van der Waals surface area contributed by atoms with Gasteiger partial charge in [-0.2, -0.15) is 23.3 Å². The predicted octanol–water partition coefficient (Wildman–Crippen LogP) is 5.41. The molecule has 0 atom stereocenters. The van der Waals surface area contributed by atoms with Gasteiger partial charge in [-0.15, -0.1) is 0 Å². The molecule has 0 spiro atoms. The van der Waals surface area contributed by atoms with Crippen LogP contribution in [0.5, 0.6) is 0 Å². The highest BCUT2D eigenvalue weighted by Crippen LogP contribution is 2.35. The van der Waals surface area contributed by atoms with Crippen LogP contribution in [0.4, 0.5) is 18.0 Å². The Kier molecular flexibility index (Phi) is 7.10. The molecular weight excluding hydrogens is 543 g/mol. The number of nitrogens with zero attached hydrogens (tertiary/aromatic N) is 5. The summed E-state index contributed by atoms with van der Waals surface area (Å²) in [6.45, 7) is 1.74. The summed E-state index contributed by atoms with van der Waals surface area (Å²) in [4.78, 5) is 31.7. The summed E-state index contributed by atoms with van der Waals surface area (Å²) >= 11 is 7.03. The van der Waals surface area contributed by atoms with Gasteiger partial charge in [-0.25, -0.2) is 4.79 Å². The van der Waals surface area contributed by atoms with E-state index < -0.39 is 17.8 Å². The fourth-order valence-corrected chi connectivity index (χ4v) is 5.55. The minimum absolute atomic E-state index is 0.00798. The Balaban J connectivity index is 1.32. The molecule has 0 aliphatic carbocycles. The Morgan fingerprint density at radius 3 is 2.71 bits per heavy atom. The molecule has 3 aromatic rings. The number of carbonyl (C=O) groups is 2. The van der Waals surface area contributed by atoms with E-state index >= 15 is 0 Å². The van der Waals surface area contributed by atoms with Crippen LogP contribution in [0.25, 0.3) is 17.0 Å². The molecule has 2 amide bonds. The molecule has 1 saturated heterocycles. The van der Waals surface area contributed by atoms with Crippen LogP contribution >= 0.6 is 23.4 Å². The quantitative estimate of drug-likeness (QED) is 0.428. The zero-order valence-corrected chi connectivity index (χ0v) is 21.4. The molecule has 2 aliphatic rings. The van der Waals surface area contributed by atoms with E-state index in [1.807, 2.05) is 4.90 Å². The number of halogens is 4. The molecule has 0 bridgehead atoms. The minimum Gasteiger partial charge on any atom is -0.465 e. The van der Waals surface area contributed by atoms with E-state index in [0.29, 0.717) is 53.6 Å². The SMILES string of the molecule is O=C1N=C(N2CCCN(C(=O)O)CC2)S/C1=C\c1ccc2c(cnn2Cc2ccc(Cl)cc2C(F)(F)F)c1. The molecule has 2 aromatic carbocycles. The summed E-state index contributed by atoms with van der Waals surface area (Å²) in [5, 5.41) is 14.8. The van der Waals surface area contributed by atoms with Gasteiger partial charge < -0.3 is 14.9 Å². The third kappa shape index (κ3) is 5.51. The van der Waals surface area contributed by atoms with Gasteiger partial charge in [-0.05, 0) is 59.7 Å². The first-order valence-electron chi connectivity index (χ1n) is 11.6. The highest BCUT2D eigenvalue weighted by Gasteiger charge is 2.34. The molecule has 0 radical (unpaired) electrons. The first-order valence-corrected chi connectivity index (χ1v) is 12.8. The number of carboxylic acid groups (broad SMARTS) is 1. The third-order valence-electron chi connectivity index (χ3n) is 6.31. The Bertz CT molecular complexity index is 1490. The molecule has 3 heterocycles. The van der Waals surface area contributed by atoms with Crippen LogP contribution in [-0.2, 0) is 17.5 Å². The first-order chi connectivity index (χ1) is 18.1. The second-order valence-corrected chi connectivity index (χ2v) is 10.3. The zero-order valence-electron chi connectivity index (χ0n) is 19.8. The van der Waals surface area contributed by atoms with Crippen LogP contribution in [0.15, 0.2) is 52.5 Å². The third-order valence-corrected chi connectivity index (χ3v) is 7.59. The molecule has 13 heteroatoms. The lowest BCUT2D eigenvalue weighted by molar-refractivity contribution is -0.138. The number of benzene rings is 2. The number of hydrogen-bond acceptors (Lipinski definition) is 5. The van der Waals surface area contributed by atoms with Crippen molar-refractivity contribution in [2.75, 3.05) is 26.2 Å². The number of amidine groups is 1. The highest BCUT2D eigenvalue weighted by molar-refractivity contribution is 8.18. The van der Waals surface area contributed by atoms with E-state index in [-0.39, 0.29) is 23.0 Å². The number of aliphatic imine (C=N–C) groups is 1. The van der Waals surface area contributed by atoms with E-state index in [1.165, 1.54) is 33.5 Å². The molecule has 5 rings (SSSR count). The lowest BCUT2D eigenvalue weighted by atomic mass is 10.1. The number of thioether (sulfide) groups is 1. The van der Waals surface area contributed by atoms with E-state index in [0.717, 1.165) is 11.6 Å². The van der Waals surface area contributed by atoms with Gasteiger partial charge in [0.15, 0.2) is 5.17 Å². The lowest BCUT2D eigenvalue weighted by Gasteiger charge is -2.21. The molecule has 1 aromatic heterocycles. The molecule has 1 fully saturated rings. The smallest absolute Gasteiger partial charge is 0.416 e. The van der Waals surface area contributed by atoms with Crippen LogP contribution in [-0.4, -0.2) is 68.0 Å². The summed E-state index contributed by atoms with van der Waals surface area (Å²) in [6, 6.07) is 9.00. The Hall–Kier alpha value is -3.51. The molecular formula is C25H21ClF3N5O3S. The monoisotopic (exact) mass is 563 g/mol. The second-order valence-electron chi connectivity index (χ2n) is 8.84. The average molecular weight is 564 g/mol. The van der Waals surface area contributed by atoms with E-state index in [4.69, 9.17) is 11.6 Å². The maximum absolute atomic E-state index is 13.5. The Labute approximate surface area is 224 Å². The van der Waals surface area contributed by atoms with Gasteiger partial charge in [0, 0.05) is 36.6 Å². The second kappa shape index (κ2) is 10.3. The summed E-state index contributed by atoms with van der Waals surface area (Å²) in [5.41, 5.74) is 0.614. The molecule has 2 aliphatic heterocycles. The van der Waals surface area contributed by atoms with Gasteiger partial charge in [0.1, 0.15) is 0 Å². The number of carbonyl (C=O) groups excluding carboxylic acids is 1. The van der Waals surface area contributed by atoms with Crippen molar-refractivity contribution in [3.63, 3.8) is 0 Å². The first kappa shape index (κ1) is 26.1. The summed E-state index contributed by atoms with van der Waals surface area (Å²) in [7, 11) is 0. The molecule has 198 valence electrons. The van der Waals surface area contributed by atoms with E-state index in [1.54, 1.807) is 30.5 Å². The van der Waals surface area contributed by atoms with Crippen molar-refractivity contribution < 1.29 is 27.9 Å². The van der Waals surface area contributed by atoms with E-state index in [9.17, 15) is 27.9 Å². The van der Waals surface area contributed by atoms with Crippen molar-refractivity contribution in [1.29, 1.82) is 0 Å². The summed E-state index contributed by atoms with van der Waals surface area (Å²) < 4.78 is 42.0. The van der Waals surface area contributed by atoms with Crippen molar-refractivity contribution in [3.8, 4) is 0 Å². The van der Waals surface area contributed by atoms with E-state index in [2.05, 4.69) is 10.1 Å². The topological polar surface area (TPSA) is 91.0 Å². The van der Waals surface area contributed by atoms with Gasteiger partial charge in [-0.3, -0.25) is 9.48 Å². The van der Waals surface area contributed by atoms with Crippen molar-refractivity contribution >= 4 is 57.5 Å². The number of aromatic nitrogens is 2. The fourth-order valence-electron chi connectivity index (χ4n) is 4.42. The summed E-state index contributed by atoms with van der Waals surface area (Å²) in [5.74, 6) is -0.373. The number of alkyl halides is 3. The Morgan fingerprint density at radius 2 is 1.95 bits per heavy atom. The minimum atomic E-state index is -4.54. The predicted molar refractivity (Wildman–Crippen MR) is 139 cm³/mol. The molecule has 38 heavy (non-hydrogen) atoms. The van der Waals surface area contributed by atoms with Crippen LogP contribution in [0, 0.1) is 0 Å². The molecule has 0 unspecified atom stereocenters. The van der Waals surface area contributed by atoms with Gasteiger partial charge in [-0.1, -0.05) is 23.7 Å². The number of amides is 2. The maximum atomic E-state index is 13.5. The largest absolute Gasteiger partial charge is 0.465 e. The van der Waals surface area contributed by atoms with Gasteiger partial charge in [0.25, 0.3) is 5.91 Å². The fraction of sp³-hybridized carbons (Fsp3) is 0.280. The molecule has 1 N–H and O–H groups in total. The number of rotatable bonds is 3. The van der Waals surface area contributed by atoms with Crippen LogP contribution < -0.4 is 0 Å². The normalized spacial score (nSPS) is 17.8. The van der Waals surface area contributed by atoms with Gasteiger partial charge in [0.2, 0.25) is 0 Å². The van der Waals surface area contributed by atoms with Crippen molar-refractivity contribution in [3.05, 3.63) is 69.2 Å². The highest BCUT2D eigenvalue weighted by atomic mass is 35.5. The summed E-state index contributed by atoms with van der Waals surface area (Å²) in [6.07, 6.45) is -1.59. The molecule has 8 nitrogen and oxygen atoms in total. The average Bonchev–Trinajstić information content (AvgIpc) is 3.31. The van der Waals surface area contributed by atoms with Crippen molar-refractivity contribution in [2.24, 2.45) is 4.99 Å². The van der Waals surface area contributed by atoms with Gasteiger partial charge >= 0.3 is 12.3 Å². The Morgan fingerprint density at radius 1 is 1.13 bits per heavy atom.